The van der Waals surface area contributed by atoms with Crippen LogP contribution in [0.2, 0.25) is 0 Å². The maximum Gasteiger partial charge on any atom is 0.258 e. The molecule has 0 aliphatic rings. The molecule has 0 radical (unpaired) electrons. The summed E-state index contributed by atoms with van der Waals surface area (Å²) in [5, 5.41) is 2.85. The molecule has 0 aliphatic heterocycles. The van der Waals surface area contributed by atoms with E-state index in [9.17, 15) is 4.79 Å². The van der Waals surface area contributed by atoms with Crippen LogP contribution in [0.25, 0.3) is 0 Å². The molecule has 4 heteroatoms. The molecule has 3 N–H and O–H groups in total. The predicted octanol–water partition coefficient (Wildman–Crippen LogP) is 2.22. The highest BCUT2D eigenvalue weighted by molar-refractivity contribution is 5.78. The maximum atomic E-state index is 11.9. The van der Waals surface area contributed by atoms with Gasteiger partial charge in [0.15, 0.2) is 6.61 Å². The van der Waals surface area contributed by atoms with E-state index in [1.54, 1.807) is 0 Å². The monoisotopic (exact) mass is 278 g/mol. The summed E-state index contributed by atoms with van der Waals surface area (Å²) in [5.41, 5.74) is 6.24. The van der Waals surface area contributed by atoms with Gasteiger partial charge in [-0.05, 0) is 30.9 Å². The fraction of sp³-hybridized carbons (Fsp3) is 0.562. The minimum Gasteiger partial charge on any atom is -0.483 e. The lowest BCUT2D eigenvalue weighted by atomic mass is 9.86. The molecule has 0 atom stereocenters. The van der Waals surface area contributed by atoms with Crippen molar-refractivity contribution in [3.05, 3.63) is 29.8 Å². The highest BCUT2D eigenvalue weighted by Gasteiger charge is 2.21. The lowest BCUT2D eigenvalue weighted by Crippen LogP contribution is -2.50. The van der Waals surface area contributed by atoms with E-state index >= 15 is 0 Å². The van der Waals surface area contributed by atoms with Crippen molar-refractivity contribution in [1.82, 2.24) is 5.32 Å². The van der Waals surface area contributed by atoms with Gasteiger partial charge in [0, 0.05) is 12.1 Å². The fourth-order valence-electron chi connectivity index (χ4n) is 1.82. The maximum absolute atomic E-state index is 11.9. The number of nitrogens with one attached hydrogen (secondary N) is 1. The lowest BCUT2D eigenvalue weighted by Gasteiger charge is -2.25. The molecule has 1 aromatic rings. The predicted molar refractivity (Wildman–Crippen MR) is 81.9 cm³/mol. The van der Waals surface area contributed by atoms with Gasteiger partial charge in [-0.2, -0.15) is 0 Å². The molecule has 0 unspecified atom stereocenters. The normalized spacial score (nSPS) is 12.1. The lowest BCUT2D eigenvalue weighted by molar-refractivity contribution is -0.124. The number of carbonyl (C=O) groups is 1. The summed E-state index contributed by atoms with van der Waals surface area (Å²) in [6.07, 6.45) is 0. The van der Waals surface area contributed by atoms with Gasteiger partial charge in [0.05, 0.1) is 0 Å². The van der Waals surface area contributed by atoms with Crippen molar-refractivity contribution in [2.24, 2.45) is 5.73 Å². The zero-order valence-corrected chi connectivity index (χ0v) is 13.1. The summed E-state index contributed by atoms with van der Waals surface area (Å²) >= 11 is 0. The number of ether oxygens (including phenoxy) is 1. The number of para-hydroxylation sites is 1. The number of benzene rings is 1. The Morgan fingerprint density at radius 2 is 1.80 bits per heavy atom. The first-order valence-corrected chi connectivity index (χ1v) is 6.89. The summed E-state index contributed by atoms with van der Waals surface area (Å²) in [6, 6.07) is 7.80. The van der Waals surface area contributed by atoms with Gasteiger partial charge in [0.2, 0.25) is 0 Å². The largest absolute Gasteiger partial charge is 0.483 e. The van der Waals surface area contributed by atoms with E-state index in [0.29, 0.717) is 6.54 Å². The molecule has 0 aliphatic carbocycles. The third kappa shape index (κ3) is 4.85. The highest BCUT2D eigenvalue weighted by atomic mass is 16.5. The van der Waals surface area contributed by atoms with Gasteiger partial charge in [0.1, 0.15) is 5.75 Å². The summed E-state index contributed by atoms with van der Waals surface area (Å²) in [5.74, 6) is 0.588. The number of rotatable bonds is 5. The summed E-state index contributed by atoms with van der Waals surface area (Å²) < 4.78 is 5.66. The number of hydrogen-bond donors (Lipinski definition) is 2. The van der Waals surface area contributed by atoms with Crippen molar-refractivity contribution in [3.63, 3.8) is 0 Å². The van der Waals surface area contributed by atoms with E-state index in [0.717, 1.165) is 11.3 Å². The number of hydrogen-bond acceptors (Lipinski definition) is 3. The summed E-state index contributed by atoms with van der Waals surface area (Å²) in [4.78, 5) is 11.9. The van der Waals surface area contributed by atoms with E-state index in [1.165, 1.54) is 0 Å². The van der Waals surface area contributed by atoms with Crippen LogP contribution in [-0.4, -0.2) is 24.6 Å². The van der Waals surface area contributed by atoms with Crippen molar-refractivity contribution in [2.75, 3.05) is 13.2 Å². The van der Waals surface area contributed by atoms with E-state index < -0.39 is 5.54 Å². The van der Waals surface area contributed by atoms with Crippen LogP contribution in [-0.2, 0) is 10.2 Å². The third-order valence-electron chi connectivity index (χ3n) is 3.04. The van der Waals surface area contributed by atoms with Crippen LogP contribution < -0.4 is 15.8 Å². The smallest absolute Gasteiger partial charge is 0.258 e. The van der Waals surface area contributed by atoms with Crippen LogP contribution >= 0.6 is 0 Å². The van der Waals surface area contributed by atoms with Crippen molar-refractivity contribution in [2.45, 2.75) is 45.6 Å². The first-order valence-electron chi connectivity index (χ1n) is 6.89. The van der Waals surface area contributed by atoms with E-state index in [4.69, 9.17) is 10.5 Å². The van der Waals surface area contributed by atoms with Crippen LogP contribution in [0.1, 0.15) is 40.2 Å². The topological polar surface area (TPSA) is 64.3 Å². The molecule has 0 fully saturated rings. The minimum atomic E-state index is -0.413. The summed E-state index contributed by atoms with van der Waals surface area (Å²) in [6.45, 7) is 10.5. The minimum absolute atomic E-state index is 0.00345. The van der Waals surface area contributed by atoms with Crippen LogP contribution in [0.4, 0.5) is 0 Å². The third-order valence-corrected chi connectivity index (χ3v) is 3.04. The Morgan fingerprint density at radius 3 is 2.35 bits per heavy atom. The second-order valence-corrected chi connectivity index (χ2v) is 6.67. The van der Waals surface area contributed by atoms with Gasteiger partial charge in [0.25, 0.3) is 5.91 Å². The zero-order chi connectivity index (χ0) is 15.4. The number of nitrogens with two attached hydrogens (primary N) is 1. The number of amides is 1. The Kier molecular flexibility index (Phi) is 5.17. The molecule has 0 saturated carbocycles. The van der Waals surface area contributed by atoms with Crippen molar-refractivity contribution < 1.29 is 9.53 Å². The van der Waals surface area contributed by atoms with Gasteiger partial charge in [-0.15, -0.1) is 0 Å². The van der Waals surface area contributed by atoms with Crippen LogP contribution in [0.3, 0.4) is 0 Å². The zero-order valence-electron chi connectivity index (χ0n) is 13.1. The molecular formula is C16H26N2O2. The van der Waals surface area contributed by atoms with Gasteiger partial charge >= 0.3 is 0 Å². The Balaban J connectivity index is 2.70. The molecule has 0 spiro atoms. The fourth-order valence-corrected chi connectivity index (χ4v) is 1.82. The Labute approximate surface area is 121 Å². The van der Waals surface area contributed by atoms with Gasteiger partial charge in [-0.3, -0.25) is 4.79 Å². The quantitative estimate of drug-likeness (QED) is 0.868. The van der Waals surface area contributed by atoms with Crippen molar-refractivity contribution in [3.8, 4) is 5.75 Å². The second kappa shape index (κ2) is 6.27. The van der Waals surface area contributed by atoms with E-state index in [1.807, 2.05) is 38.1 Å². The average Bonchev–Trinajstić information content (AvgIpc) is 2.35. The van der Waals surface area contributed by atoms with Crippen LogP contribution in [0.5, 0.6) is 5.75 Å². The molecule has 0 saturated heterocycles. The van der Waals surface area contributed by atoms with Crippen LogP contribution in [0, 0.1) is 0 Å². The molecule has 1 rings (SSSR count). The highest BCUT2D eigenvalue weighted by Crippen LogP contribution is 2.30. The Morgan fingerprint density at radius 1 is 1.20 bits per heavy atom. The van der Waals surface area contributed by atoms with Gasteiger partial charge in [-0.1, -0.05) is 39.0 Å². The SMILES string of the molecule is CC(C)(CN)NC(=O)COc1ccccc1C(C)(C)C. The molecule has 4 nitrogen and oxygen atoms in total. The second-order valence-electron chi connectivity index (χ2n) is 6.67. The van der Waals surface area contributed by atoms with Gasteiger partial charge in [-0.25, -0.2) is 0 Å². The molecular weight excluding hydrogens is 252 g/mol. The average molecular weight is 278 g/mol. The molecule has 20 heavy (non-hydrogen) atoms. The molecule has 112 valence electrons. The molecule has 1 aromatic carbocycles. The molecule has 0 aromatic heterocycles. The molecule has 0 bridgehead atoms. The number of carbonyl (C=O) groups excluding carboxylic acids is 1. The van der Waals surface area contributed by atoms with Crippen molar-refractivity contribution in [1.29, 1.82) is 0 Å². The molecule has 0 heterocycles. The van der Waals surface area contributed by atoms with E-state index in [2.05, 4.69) is 26.1 Å². The first-order chi connectivity index (χ1) is 9.15. The van der Waals surface area contributed by atoms with Crippen molar-refractivity contribution >= 4 is 5.91 Å². The Bertz CT molecular complexity index is 462. The van der Waals surface area contributed by atoms with Crippen LogP contribution in [0.15, 0.2) is 24.3 Å². The Hall–Kier alpha value is -1.55. The molecule has 1 amide bonds. The first kappa shape index (κ1) is 16.5. The standard InChI is InChI=1S/C16H26N2O2/c1-15(2,3)12-8-6-7-9-13(12)20-10-14(19)18-16(4,5)11-17/h6-9H,10-11,17H2,1-5H3,(H,18,19). The van der Waals surface area contributed by atoms with E-state index in [-0.39, 0.29) is 17.9 Å². The van der Waals surface area contributed by atoms with Gasteiger partial charge < -0.3 is 15.8 Å². The summed E-state index contributed by atoms with van der Waals surface area (Å²) in [7, 11) is 0.